The molecule has 10 N–H and O–H groups in total. The third-order valence-corrected chi connectivity index (χ3v) is 23.1. The predicted molar refractivity (Wildman–Crippen MR) is 593 cm³/mol. The predicted octanol–water partition coefficient (Wildman–Crippen LogP) is 26.6. The fraction of sp³-hybridized carbons (Fsp3) is 0.203. The SMILES string of the molecule is CC.CC.CC.CC.CC.CN(Cc1cccc(CN(C)c2ccc(O)c3ncccc23)n1)c1ccc(O)c2ncccc12.COc1ccc(NCc2cccc(CN(C)c3ccc(O)c4ncccc34)c2)c2cccnc12.COc1ccc(NCc2cccc(CNc3ccc(OC)c4ncccc34)c2)c2cccnc12.Oc1ccc(NCc2cccc(CNc3ccc(O)c4ncccc34)n2)c2cccnc12. The maximum absolute atomic E-state index is 10.2. The lowest BCUT2D eigenvalue weighted by atomic mass is 10.1. The molecule has 10 aromatic heterocycles. The molecule has 0 aliphatic carbocycles. The summed E-state index contributed by atoms with van der Waals surface area (Å²) in [7, 11) is 11.1. The number of nitrogens with one attached hydrogen (secondary N) is 5. The quantitative estimate of drug-likeness (QED) is 0.0214. The lowest BCUT2D eigenvalue weighted by molar-refractivity contribution is 0.419. The number of anilines is 8. The first kappa shape index (κ1) is 105. The molecule has 26 heteroatoms. The van der Waals surface area contributed by atoms with Crippen LogP contribution in [0.1, 0.15) is 114 Å². The van der Waals surface area contributed by atoms with Gasteiger partial charge in [-0.1, -0.05) is 130 Å². The Bertz CT molecular complexity index is 7290. The van der Waals surface area contributed by atoms with Crippen molar-refractivity contribution in [3.05, 3.63) is 374 Å². The highest BCUT2D eigenvalue weighted by molar-refractivity contribution is 6.01. The van der Waals surface area contributed by atoms with Gasteiger partial charge in [0.15, 0.2) is 0 Å². The summed E-state index contributed by atoms with van der Waals surface area (Å²) in [5.74, 6) is 3.18. The Balaban J connectivity index is 0.000000166. The Morgan fingerprint density at radius 3 is 0.750 bits per heavy atom. The van der Waals surface area contributed by atoms with Crippen LogP contribution in [0.4, 0.5) is 45.5 Å². The summed E-state index contributed by atoms with van der Waals surface area (Å²) in [5.41, 5.74) is 21.8. The molecule has 0 unspecified atom stereocenters. The highest BCUT2D eigenvalue weighted by atomic mass is 16.5. The van der Waals surface area contributed by atoms with Crippen molar-refractivity contribution in [2.45, 2.75) is 122 Å². The summed E-state index contributed by atoms with van der Waals surface area (Å²) in [4.78, 5) is 50.9. The van der Waals surface area contributed by atoms with Crippen molar-refractivity contribution in [1.82, 2.24) is 49.8 Å². The third kappa shape index (κ3) is 26.2. The number of pyridine rings is 10. The lowest BCUT2D eigenvalue weighted by Crippen LogP contribution is -2.20. The molecule has 0 atom stereocenters. The van der Waals surface area contributed by atoms with E-state index in [1.165, 1.54) is 22.3 Å². The van der Waals surface area contributed by atoms with Gasteiger partial charge in [0.05, 0.1) is 70.3 Å². The van der Waals surface area contributed by atoms with Crippen LogP contribution < -0.4 is 55.5 Å². The van der Waals surface area contributed by atoms with Gasteiger partial charge in [-0.05, 0) is 241 Å². The molecule has 0 aliphatic rings. The largest absolute Gasteiger partial charge is 0.506 e. The van der Waals surface area contributed by atoms with Crippen molar-refractivity contribution in [2.24, 2.45) is 0 Å². The minimum atomic E-state index is 0.161. The monoisotopic (exact) mass is 1930 g/mol. The maximum Gasteiger partial charge on any atom is 0.145 e. The van der Waals surface area contributed by atoms with Gasteiger partial charge < -0.3 is 81.0 Å². The van der Waals surface area contributed by atoms with Crippen molar-refractivity contribution >= 4 is 133 Å². The lowest BCUT2D eigenvalue weighted by Gasteiger charge is -2.23. The first-order chi connectivity index (χ1) is 70.6. The van der Waals surface area contributed by atoms with E-state index in [1.54, 1.807) is 101 Å². The summed E-state index contributed by atoms with van der Waals surface area (Å²) < 4.78 is 16.4. The molecule has 20 aromatic rings. The van der Waals surface area contributed by atoms with E-state index in [1.807, 2.05) is 265 Å². The van der Waals surface area contributed by atoms with Crippen LogP contribution in [0.25, 0.3) is 87.2 Å². The van der Waals surface area contributed by atoms with Gasteiger partial charge in [-0.15, -0.1) is 0 Å². The molecule has 738 valence electrons. The highest BCUT2D eigenvalue weighted by Gasteiger charge is 2.19. The summed E-state index contributed by atoms with van der Waals surface area (Å²) in [6, 6.07) is 89.9. The van der Waals surface area contributed by atoms with Crippen LogP contribution in [0.2, 0.25) is 0 Å². The molecule has 144 heavy (non-hydrogen) atoms. The Morgan fingerprint density at radius 1 is 0.222 bits per heavy atom. The minimum Gasteiger partial charge on any atom is -0.506 e. The summed E-state index contributed by atoms with van der Waals surface area (Å²) in [6.45, 7) is 25.1. The number of phenolic OH excluding ortho intramolecular Hbond substituents is 5. The zero-order chi connectivity index (χ0) is 102. The standard InChI is InChI=1S/2C28H26N4O2.C27H25N5O2.C25H21N5O2.5C2H6/c1-32(24-11-12-25(33)27-22(24)9-5-14-29-27)18-20-7-3-6-19(16-20)17-31-23-10-13-26(34-2)28-21(23)8-4-15-30-28;1-33-25-12-10-23(21-8-4-14-29-27(21)25)31-17-19-6-3-7-20(16-19)18-32-24-11-13-26(34-2)28-22(24)9-5-15-30-28;1-31(22-10-12-24(33)26-20(22)8-4-14-28-26)16-18-6-3-7-19(30-18)17-32(2)23-11-13-25(34)27-21(23)9-5-15-29-27;31-22-10-8-20(18-6-2-12-26-24(18)22)28-14-16-4-1-5-17(30-16)15-29-21-9-11-23(32)25-19(21)7-3-13-27-25;5*1-2/h3-16,31,33H,17-18H2,1-2H3;3-16,31-32H,17-18H2,1-2H3;3-15,33-34H,16-17H2,1-2H3;1-13,28-29,31-32H,14-15H2;5*1-2H3. The molecule has 10 heterocycles. The zero-order valence-electron chi connectivity index (χ0n) is 84.6. The topological polar surface area (TPSA) is 328 Å². The molecule has 0 bridgehead atoms. The summed E-state index contributed by atoms with van der Waals surface area (Å²) in [6.07, 6.45) is 13.7. The number of hydrogen-bond donors (Lipinski definition) is 10. The van der Waals surface area contributed by atoms with Crippen molar-refractivity contribution in [1.29, 1.82) is 0 Å². The second-order valence-corrected chi connectivity index (χ2v) is 31.9. The third-order valence-electron chi connectivity index (χ3n) is 23.1. The molecule has 0 spiro atoms. The number of benzene rings is 10. The van der Waals surface area contributed by atoms with Crippen LogP contribution >= 0.6 is 0 Å². The number of rotatable bonds is 27. The van der Waals surface area contributed by atoms with E-state index in [-0.39, 0.29) is 28.7 Å². The average molecular weight is 1930 g/mol. The van der Waals surface area contributed by atoms with E-state index in [0.29, 0.717) is 73.4 Å². The van der Waals surface area contributed by atoms with Crippen LogP contribution in [0.15, 0.2) is 329 Å². The molecule has 0 radical (unpaired) electrons. The van der Waals surface area contributed by atoms with Crippen LogP contribution in [0, 0.1) is 0 Å². The molecular weight excluding hydrogens is 1800 g/mol. The number of aromatic nitrogens is 10. The number of aromatic hydroxyl groups is 5. The van der Waals surface area contributed by atoms with E-state index in [4.69, 9.17) is 24.2 Å². The highest BCUT2D eigenvalue weighted by Crippen LogP contribution is 2.40. The second kappa shape index (κ2) is 53.1. The van der Waals surface area contributed by atoms with Crippen LogP contribution in [0.5, 0.6) is 46.0 Å². The number of methoxy groups -OCH3 is 3. The second-order valence-electron chi connectivity index (χ2n) is 31.9. The Morgan fingerprint density at radius 2 is 0.444 bits per heavy atom. The molecule has 0 saturated heterocycles. The van der Waals surface area contributed by atoms with E-state index in [2.05, 4.69) is 155 Å². The number of ether oxygens (including phenoxy) is 3. The van der Waals surface area contributed by atoms with Crippen molar-refractivity contribution in [3.8, 4) is 46.0 Å². The van der Waals surface area contributed by atoms with Crippen LogP contribution in [0.3, 0.4) is 0 Å². The van der Waals surface area contributed by atoms with E-state index in [0.717, 1.165) is 152 Å². The van der Waals surface area contributed by atoms with Crippen molar-refractivity contribution in [3.63, 3.8) is 0 Å². The molecule has 0 aliphatic heterocycles. The maximum atomic E-state index is 10.2. The van der Waals surface area contributed by atoms with Gasteiger partial charge in [0.25, 0.3) is 0 Å². The number of fused-ring (bicyclic) bond motifs is 8. The van der Waals surface area contributed by atoms with Gasteiger partial charge in [-0.25, -0.2) is 0 Å². The van der Waals surface area contributed by atoms with Crippen LogP contribution in [-0.4, -0.2) is 118 Å². The molecule has 20 rings (SSSR count). The normalized spacial score (nSPS) is 10.4. The van der Waals surface area contributed by atoms with Gasteiger partial charge in [-0.3, -0.25) is 49.8 Å². The first-order valence-corrected chi connectivity index (χ1v) is 48.6. The molecule has 0 fully saturated rings. The fourth-order valence-corrected chi connectivity index (χ4v) is 16.5. The van der Waals surface area contributed by atoms with Crippen molar-refractivity contribution in [2.75, 3.05) is 83.8 Å². The molecule has 26 nitrogen and oxygen atoms in total. The Kier molecular flexibility index (Phi) is 38.9. The molecule has 0 saturated carbocycles. The van der Waals surface area contributed by atoms with Gasteiger partial charge in [-0.2, -0.15) is 0 Å². The van der Waals surface area contributed by atoms with Crippen molar-refractivity contribution < 1.29 is 39.7 Å². The Hall–Kier alpha value is -17.4. The zero-order valence-corrected chi connectivity index (χ0v) is 84.6. The average Bonchev–Trinajstić information content (AvgIpc) is 0.765. The molecule has 0 amide bonds. The first-order valence-electron chi connectivity index (χ1n) is 48.6. The number of nitrogens with zero attached hydrogens (tertiary/aromatic N) is 13. The van der Waals surface area contributed by atoms with E-state index >= 15 is 0 Å². The molecular formula is C118H128N18O8. The number of hydrogen-bond acceptors (Lipinski definition) is 26. The van der Waals surface area contributed by atoms with E-state index in [9.17, 15) is 25.5 Å². The number of phenols is 5. The summed E-state index contributed by atoms with van der Waals surface area (Å²) >= 11 is 0. The summed E-state index contributed by atoms with van der Waals surface area (Å²) in [5, 5.41) is 75.5. The minimum absolute atomic E-state index is 0.161. The molecule has 10 aromatic carbocycles. The van der Waals surface area contributed by atoms with Gasteiger partial charge in [0, 0.05) is 185 Å². The van der Waals surface area contributed by atoms with Crippen LogP contribution in [-0.2, 0) is 52.4 Å². The van der Waals surface area contributed by atoms with Gasteiger partial charge >= 0.3 is 0 Å². The smallest absolute Gasteiger partial charge is 0.145 e. The fourth-order valence-electron chi connectivity index (χ4n) is 16.5. The van der Waals surface area contributed by atoms with Gasteiger partial charge in [0.1, 0.15) is 90.1 Å². The van der Waals surface area contributed by atoms with E-state index < -0.39 is 0 Å². The van der Waals surface area contributed by atoms with Gasteiger partial charge in [0.2, 0.25) is 0 Å². The Labute approximate surface area is 842 Å².